The lowest BCUT2D eigenvalue weighted by molar-refractivity contribution is 0.247. The number of hydrogen-bond acceptors (Lipinski definition) is 5. The number of nitrogens with zero attached hydrogens (tertiary/aromatic N) is 3. The van der Waals surface area contributed by atoms with E-state index in [1.807, 2.05) is 20.8 Å². The number of aryl methyl sites for hydroxylation is 1. The Morgan fingerprint density at radius 1 is 1.20 bits per heavy atom. The van der Waals surface area contributed by atoms with Crippen LogP contribution in [0.15, 0.2) is 30.3 Å². The van der Waals surface area contributed by atoms with Crippen LogP contribution in [0.5, 0.6) is 0 Å². The van der Waals surface area contributed by atoms with Gasteiger partial charge in [-0.15, -0.1) is 0 Å². The molecule has 0 aliphatic carbocycles. The average Bonchev–Trinajstić information content (AvgIpc) is 2.59. The Labute approximate surface area is 147 Å². The number of amides is 2. The van der Waals surface area contributed by atoms with Crippen molar-refractivity contribution < 1.29 is 4.79 Å². The Hall–Kier alpha value is -3.14. The molecule has 0 bridgehead atoms. The smallest absolute Gasteiger partial charge is 0.321 e. The lowest BCUT2D eigenvalue weighted by Crippen LogP contribution is -2.37. The molecule has 0 aliphatic rings. The van der Waals surface area contributed by atoms with Gasteiger partial charge in [0.2, 0.25) is 5.95 Å². The van der Waals surface area contributed by atoms with Crippen molar-refractivity contribution in [3.05, 3.63) is 41.6 Å². The molecule has 1 heterocycles. The molecule has 0 saturated heterocycles. The molecule has 0 saturated carbocycles. The minimum absolute atomic E-state index is 0.126. The van der Waals surface area contributed by atoms with E-state index >= 15 is 0 Å². The van der Waals surface area contributed by atoms with Crippen LogP contribution in [-0.4, -0.2) is 22.0 Å². The van der Waals surface area contributed by atoms with Crippen molar-refractivity contribution in [2.75, 3.05) is 10.6 Å². The number of anilines is 3. The summed E-state index contributed by atoms with van der Waals surface area (Å²) >= 11 is 0. The number of rotatable bonds is 6. The van der Waals surface area contributed by atoms with E-state index in [1.165, 1.54) is 0 Å². The predicted octanol–water partition coefficient (Wildman–Crippen LogP) is 3.71. The first-order valence-electron chi connectivity index (χ1n) is 8.24. The summed E-state index contributed by atoms with van der Waals surface area (Å²) < 4.78 is 0. The molecule has 0 radical (unpaired) electrons. The van der Waals surface area contributed by atoms with E-state index in [0.717, 1.165) is 24.2 Å². The Balaban J connectivity index is 2.08. The van der Waals surface area contributed by atoms with Crippen LogP contribution in [0.25, 0.3) is 0 Å². The van der Waals surface area contributed by atoms with Gasteiger partial charge in [-0.05, 0) is 44.0 Å². The van der Waals surface area contributed by atoms with E-state index in [0.29, 0.717) is 11.4 Å². The molecule has 0 spiro atoms. The van der Waals surface area contributed by atoms with Gasteiger partial charge in [0.25, 0.3) is 0 Å². The van der Waals surface area contributed by atoms with E-state index in [-0.39, 0.29) is 18.0 Å². The van der Waals surface area contributed by atoms with Gasteiger partial charge in [0.05, 0.1) is 11.6 Å². The third-order valence-electron chi connectivity index (χ3n) is 3.69. The van der Waals surface area contributed by atoms with Crippen LogP contribution in [0, 0.1) is 18.3 Å². The first-order valence-corrected chi connectivity index (χ1v) is 8.24. The number of nitrogens with one attached hydrogen (secondary N) is 3. The van der Waals surface area contributed by atoms with Crippen LogP contribution in [0.3, 0.4) is 0 Å². The van der Waals surface area contributed by atoms with Gasteiger partial charge in [-0.2, -0.15) is 10.2 Å². The average molecular weight is 338 g/mol. The van der Waals surface area contributed by atoms with Gasteiger partial charge in [0.15, 0.2) is 0 Å². The molecule has 3 N–H and O–H groups in total. The van der Waals surface area contributed by atoms with E-state index in [4.69, 9.17) is 5.26 Å². The van der Waals surface area contributed by atoms with Crippen LogP contribution in [0.4, 0.5) is 22.2 Å². The third-order valence-corrected chi connectivity index (χ3v) is 3.69. The lowest BCUT2D eigenvalue weighted by Gasteiger charge is -2.15. The van der Waals surface area contributed by atoms with Crippen molar-refractivity contribution in [1.82, 2.24) is 15.3 Å². The summed E-state index contributed by atoms with van der Waals surface area (Å²) in [5.74, 6) is 0.801. The van der Waals surface area contributed by atoms with Gasteiger partial charge >= 0.3 is 6.03 Å². The van der Waals surface area contributed by atoms with Gasteiger partial charge < -0.3 is 10.6 Å². The zero-order chi connectivity index (χ0) is 18.2. The summed E-state index contributed by atoms with van der Waals surface area (Å²) in [5, 5.41) is 17.5. The molecule has 2 rings (SSSR count). The van der Waals surface area contributed by atoms with Crippen molar-refractivity contribution in [3.63, 3.8) is 0 Å². The van der Waals surface area contributed by atoms with Crippen LogP contribution in [-0.2, 0) is 0 Å². The third kappa shape index (κ3) is 5.46. The maximum Gasteiger partial charge on any atom is 0.321 e. The van der Waals surface area contributed by atoms with E-state index in [1.54, 1.807) is 30.3 Å². The molecule has 0 fully saturated rings. The van der Waals surface area contributed by atoms with Gasteiger partial charge in [0.1, 0.15) is 5.82 Å². The number of urea groups is 1. The first-order chi connectivity index (χ1) is 12.0. The molecule has 1 aromatic carbocycles. The molecular weight excluding hydrogens is 316 g/mol. The Morgan fingerprint density at radius 3 is 2.48 bits per heavy atom. The van der Waals surface area contributed by atoms with Gasteiger partial charge in [0, 0.05) is 23.5 Å². The maximum absolute atomic E-state index is 12.0. The highest BCUT2D eigenvalue weighted by Gasteiger charge is 2.10. The topological polar surface area (TPSA) is 103 Å². The SMILES string of the molecule is CCC(CC)NC(=O)Nc1nc(C)cc(Nc2ccc(C#N)cc2)n1. The van der Waals surface area contributed by atoms with Crippen LogP contribution in [0.1, 0.15) is 37.9 Å². The fraction of sp³-hybridized carbons (Fsp3) is 0.333. The highest BCUT2D eigenvalue weighted by atomic mass is 16.2. The molecule has 0 unspecified atom stereocenters. The predicted molar refractivity (Wildman–Crippen MR) is 97.7 cm³/mol. The number of hydrogen-bond donors (Lipinski definition) is 3. The van der Waals surface area contributed by atoms with Crippen molar-refractivity contribution >= 4 is 23.5 Å². The highest BCUT2D eigenvalue weighted by Crippen LogP contribution is 2.17. The largest absolute Gasteiger partial charge is 0.340 e. The zero-order valence-corrected chi connectivity index (χ0v) is 14.6. The Kier molecular flexibility index (Phi) is 6.29. The first kappa shape index (κ1) is 18.2. The summed E-state index contributed by atoms with van der Waals surface area (Å²) in [7, 11) is 0. The minimum Gasteiger partial charge on any atom is -0.340 e. The van der Waals surface area contributed by atoms with Crippen molar-refractivity contribution in [2.24, 2.45) is 0 Å². The van der Waals surface area contributed by atoms with E-state index < -0.39 is 0 Å². The molecule has 2 aromatic rings. The number of carbonyl (C=O) groups excluding carboxylic acids is 1. The van der Waals surface area contributed by atoms with Gasteiger partial charge in [-0.3, -0.25) is 5.32 Å². The van der Waals surface area contributed by atoms with Gasteiger partial charge in [-0.1, -0.05) is 13.8 Å². The summed E-state index contributed by atoms with van der Waals surface area (Å²) in [6.45, 7) is 5.88. The summed E-state index contributed by atoms with van der Waals surface area (Å²) in [6, 6.07) is 10.7. The van der Waals surface area contributed by atoms with Gasteiger partial charge in [-0.25, -0.2) is 9.78 Å². The minimum atomic E-state index is -0.316. The molecule has 7 heteroatoms. The normalized spacial score (nSPS) is 10.2. The fourth-order valence-electron chi connectivity index (χ4n) is 2.28. The Morgan fingerprint density at radius 2 is 1.88 bits per heavy atom. The summed E-state index contributed by atoms with van der Waals surface area (Å²) in [4.78, 5) is 20.6. The fourth-order valence-corrected chi connectivity index (χ4v) is 2.28. The number of benzene rings is 1. The van der Waals surface area contributed by atoms with Crippen molar-refractivity contribution in [1.29, 1.82) is 5.26 Å². The molecular formula is C18H22N6O. The number of nitriles is 1. The lowest BCUT2D eigenvalue weighted by atomic mass is 10.2. The van der Waals surface area contributed by atoms with Crippen LogP contribution >= 0.6 is 0 Å². The maximum atomic E-state index is 12.0. The number of carbonyl (C=O) groups is 1. The monoisotopic (exact) mass is 338 g/mol. The van der Waals surface area contributed by atoms with E-state index in [9.17, 15) is 4.79 Å². The molecule has 130 valence electrons. The number of aromatic nitrogens is 2. The van der Waals surface area contributed by atoms with E-state index in [2.05, 4.69) is 32.0 Å². The summed E-state index contributed by atoms with van der Waals surface area (Å²) in [5.41, 5.74) is 2.11. The zero-order valence-electron chi connectivity index (χ0n) is 14.6. The summed E-state index contributed by atoms with van der Waals surface area (Å²) in [6.07, 6.45) is 1.73. The molecule has 0 aliphatic heterocycles. The quantitative estimate of drug-likeness (QED) is 0.745. The van der Waals surface area contributed by atoms with Crippen LogP contribution in [0.2, 0.25) is 0 Å². The second-order valence-electron chi connectivity index (χ2n) is 5.64. The second kappa shape index (κ2) is 8.64. The van der Waals surface area contributed by atoms with Crippen molar-refractivity contribution in [3.8, 4) is 6.07 Å². The standard InChI is InChI=1S/C18H22N6O/c1-4-14(5-2)22-18(25)24-17-20-12(3)10-16(23-17)21-15-8-6-13(11-19)7-9-15/h6-10,14H,4-5H2,1-3H3,(H3,20,21,22,23,24,25). The molecule has 2 amide bonds. The molecule has 0 atom stereocenters. The Bertz CT molecular complexity index is 762. The second-order valence-corrected chi connectivity index (χ2v) is 5.64. The molecule has 1 aromatic heterocycles. The highest BCUT2D eigenvalue weighted by molar-refractivity contribution is 5.87. The molecule has 25 heavy (non-hydrogen) atoms. The van der Waals surface area contributed by atoms with Crippen LogP contribution < -0.4 is 16.0 Å². The molecule has 7 nitrogen and oxygen atoms in total. The van der Waals surface area contributed by atoms with Crippen molar-refractivity contribution in [2.45, 2.75) is 39.7 Å².